The summed E-state index contributed by atoms with van der Waals surface area (Å²) in [5.41, 5.74) is 4.49. The number of rotatable bonds is 13. The SMILES string of the molecule is C=CC(=N/C=C\C)C(=O)NCC(=O)NC(C(=O)N1C[C@H](C)CC1C(=O)NC(CC1CC1)C(=O)C(N)=O)C(C)(C)C. The zero-order valence-corrected chi connectivity index (χ0v) is 24.0. The number of allylic oxidation sites excluding steroid dienone is 1. The van der Waals surface area contributed by atoms with Gasteiger partial charge in [-0.15, -0.1) is 0 Å². The molecule has 12 heteroatoms. The molecule has 2 aliphatic rings. The van der Waals surface area contributed by atoms with E-state index in [9.17, 15) is 28.8 Å². The maximum Gasteiger partial charge on any atom is 0.287 e. The van der Waals surface area contributed by atoms with Crippen LogP contribution in [0.5, 0.6) is 0 Å². The lowest BCUT2D eigenvalue weighted by atomic mass is 9.85. The predicted octanol–water partition coefficient (Wildman–Crippen LogP) is 0.370. The zero-order chi connectivity index (χ0) is 30.2. The minimum atomic E-state index is -1.12. The summed E-state index contributed by atoms with van der Waals surface area (Å²) in [6, 6.07) is -2.93. The van der Waals surface area contributed by atoms with Crippen molar-refractivity contribution in [2.45, 2.75) is 78.4 Å². The molecule has 0 aromatic heterocycles. The monoisotopic (exact) mass is 558 g/mol. The van der Waals surface area contributed by atoms with E-state index in [1.54, 1.807) is 33.8 Å². The highest BCUT2D eigenvalue weighted by atomic mass is 16.2. The molecule has 1 heterocycles. The van der Waals surface area contributed by atoms with Crippen LogP contribution in [0.25, 0.3) is 0 Å². The number of hydrogen-bond acceptors (Lipinski definition) is 7. The van der Waals surface area contributed by atoms with Gasteiger partial charge in [0.15, 0.2) is 0 Å². The molecule has 0 aromatic rings. The van der Waals surface area contributed by atoms with E-state index in [0.29, 0.717) is 12.8 Å². The van der Waals surface area contributed by atoms with Gasteiger partial charge in [-0.1, -0.05) is 53.2 Å². The van der Waals surface area contributed by atoms with Gasteiger partial charge in [0.25, 0.3) is 11.8 Å². The van der Waals surface area contributed by atoms with Gasteiger partial charge in [-0.3, -0.25) is 33.8 Å². The van der Waals surface area contributed by atoms with Crippen molar-refractivity contribution in [1.82, 2.24) is 20.9 Å². The third-order valence-electron chi connectivity index (χ3n) is 6.85. The van der Waals surface area contributed by atoms with Crippen molar-refractivity contribution < 1.29 is 28.8 Å². The molecule has 0 spiro atoms. The largest absolute Gasteiger partial charge is 0.363 e. The van der Waals surface area contributed by atoms with E-state index in [-0.39, 0.29) is 24.1 Å². The molecule has 12 nitrogen and oxygen atoms in total. The van der Waals surface area contributed by atoms with E-state index in [1.165, 1.54) is 17.2 Å². The van der Waals surface area contributed by atoms with E-state index in [0.717, 1.165) is 12.8 Å². The molecule has 1 saturated heterocycles. The molecule has 2 rings (SSSR count). The Labute approximate surface area is 235 Å². The topological polar surface area (TPSA) is 180 Å². The Morgan fingerprint density at radius 2 is 1.77 bits per heavy atom. The summed E-state index contributed by atoms with van der Waals surface area (Å²) >= 11 is 0. The first-order chi connectivity index (χ1) is 18.7. The number of carbonyl (C=O) groups excluding carboxylic acids is 6. The van der Waals surface area contributed by atoms with Gasteiger partial charge in [0.1, 0.15) is 17.8 Å². The van der Waals surface area contributed by atoms with Gasteiger partial charge >= 0.3 is 0 Å². The highest BCUT2D eigenvalue weighted by Gasteiger charge is 2.45. The smallest absolute Gasteiger partial charge is 0.287 e. The number of hydrogen-bond donors (Lipinski definition) is 4. The Bertz CT molecular complexity index is 1090. The number of aliphatic imine (C=N–C) groups is 1. The second kappa shape index (κ2) is 14.0. The number of primary amides is 1. The van der Waals surface area contributed by atoms with Crippen LogP contribution in [0.4, 0.5) is 0 Å². The summed E-state index contributed by atoms with van der Waals surface area (Å²) in [6.45, 7) is 12.4. The van der Waals surface area contributed by atoms with Crippen molar-refractivity contribution in [2.24, 2.45) is 28.0 Å². The molecule has 4 atom stereocenters. The zero-order valence-electron chi connectivity index (χ0n) is 24.0. The van der Waals surface area contributed by atoms with E-state index in [4.69, 9.17) is 5.73 Å². The average Bonchev–Trinajstić information content (AvgIpc) is 3.61. The number of Topliss-reactive ketones (excluding diaryl/α,β-unsaturated/α-hetero) is 1. The Balaban J connectivity index is 2.15. The van der Waals surface area contributed by atoms with Crippen molar-refractivity contribution >= 4 is 41.0 Å². The lowest BCUT2D eigenvalue weighted by Gasteiger charge is -2.35. The first kappa shape index (κ1) is 32.4. The van der Waals surface area contributed by atoms with E-state index >= 15 is 0 Å². The van der Waals surface area contributed by atoms with E-state index in [1.807, 2.05) is 6.92 Å². The predicted molar refractivity (Wildman–Crippen MR) is 150 cm³/mol. The van der Waals surface area contributed by atoms with Gasteiger partial charge in [-0.25, -0.2) is 0 Å². The van der Waals surface area contributed by atoms with Crippen LogP contribution in [-0.2, 0) is 28.8 Å². The summed E-state index contributed by atoms with van der Waals surface area (Å²) in [4.78, 5) is 81.4. The molecular weight excluding hydrogens is 516 g/mol. The highest BCUT2D eigenvalue weighted by molar-refractivity contribution is 6.43. The number of likely N-dealkylation sites (tertiary alicyclic amines) is 1. The number of ketones is 1. The van der Waals surface area contributed by atoms with Gasteiger partial charge in [0.2, 0.25) is 23.5 Å². The van der Waals surface area contributed by atoms with Crippen molar-refractivity contribution in [1.29, 1.82) is 0 Å². The quantitative estimate of drug-likeness (QED) is 0.187. The fourth-order valence-electron chi connectivity index (χ4n) is 4.53. The second-order valence-electron chi connectivity index (χ2n) is 11.6. The summed E-state index contributed by atoms with van der Waals surface area (Å²) in [7, 11) is 0. The fraction of sp³-hybridized carbons (Fsp3) is 0.607. The molecule has 1 aliphatic heterocycles. The van der Waals surface area contributed by atoms with Crippen LogP contribution < -0.4 is 21.7 Å². The number of carbonyl (C=O) groups is 6. The average molecular weight is 559 g/mol. The van der Waals surface area contributed by atoms with Crippen LogP contribution in [0.2, 0.25) is 0 Å². The van der Waals surface area contributed by atoms with Crippen molar-refractivity contribution in [2.75, 3.05) is 13.1 Å². The number of nitrogens with one attached hydrogen (secondary N) is 3. The second-order valence-corrected chi connectivity index (χ2v) is 11.6. The van der Waals surface area contributed by atoms with Crippen LogP contribution in [0.3, 0.4) is 0 Å². The van der Waals surface area contributed by atoms with E-state index in [2.05, 4.69) is 27.5 Å². The number of nitrogens with two attached hydrogens (primary N) is 1. The van der Waals surface area contributed by atoms with Crippen LogP contribution in [0.1, 0.15) is 60.3 Å². The Hall–Kier alpha value is -3.83. The lowest BCUT2D eigenvalue weighted by molar-refractivity contribution is -0.144. The van der Waals surface area contributed by atoms with Crippen molar-refractivity contribution in [3.8, 4) is 0 Å². The van der Waals surface area contributed by atoms with Crippen molar-refractivity contribution in [3.05, 3.63) is 24.9 Å². The Kier molecular flexibility index (Phi) is 11.3. The molecule has 5 N–H and O–H groups in total. The fourth-order valence-corrected chi connectivity index (χ4v) is 4.53. The molecule has 0 aromatic carbocycles. The highest BCUT2D eigenvalue weighted by Crippen LogP contribution is 2.34. The first-order valence-electron chi connectivity index (χ1n) is 13.5. The Morgan fingerprint density at radius 3 is 2.30 bits per heavy atom. The summed E-state index contributed by atoms with van der Waals surface area (Å²) in [6.07, 6.45) is 6.83. The Morgan fingerprint density at radius 1 is 1.12 bits per heavy atom. The lowest BCUT2D eigenvalue weighted by Crippen LogP contribution is -2.59. The molecule has 40 heavy (non-hydrogen) atoms. The minimum Gasteiger partial charge on any atom is -0.363 e. The van der Waals surface area contributed by atoms with Crippen LogP contribution in [-0.4, -0.2) is 77.1 Å². The molecule has 5 amide bonds. The summed E-state index contributed by atoms with van der Waals surface area (Å²) in [5, 5.41) is 7.81. The first-order valence-corrected chi connectivity index (χ1v) is 13.5. The number of nitrogens with zero attached hydrogens (tertiary/aromatic N) is 2. The molecule has 0 radical (unpaired) electrons. The molecule has 3 unspecified atom stereocenters. The standard InChI is InChI=1S/C28H42N6O6/c1-7-11-30-18(8-2)25(38)31-14-21(35)33-23(28(4,5)6)27(40)34-15-16(3)12-20(34)26(39)32-19(13-17-9-10-17)22(36)24(29)37/h7-8,11,16-17,19-20,23H,2,9-10,12-15H2,1,3-6H3,(H2,29,37)(H,31,38)(H,32,39)(H,33,35)/b11-7-,30-18?/t16-,19?,20?,23?/m1/s1. The van der Waals surface area contributed by atoms with Gasteiger partial charge in [-0.2, -0.15) is 0 Å². The third-order valence-corrected chi connectivity index (χ3v) is 6.85. The maximum absolute atomic E-state index is 13.8. The minimum absolute atomic E-state index is 0.0159. The van der Waals surface area contributed by atoms with E-state index < -0.39 is 65.4 Å². The molecule has 220 valence electrons. The van der Waals surface area contributed by atoms with Crippen LogP contribution in [0.15, 0.2) is 29.9 Å². The maximum atomic E-state index is 13.8. The molecule has 0 bridgehead atoms. The third kappa shape index (κ3) is 9.13. The number of amides is 5. The molecular formula is C28H42N6O6. The normalized spacial score (nSPS) is 20.9. The summed E-state index contributed by atoms with van der Waals surface area (Å²) < 4.78 is 0. The van der Waals surface area contributed by atoms with Gasteiger partial charge in [0.05, 0.1) is 12.6 Å². The molecule has 1 saturated carbocycles. The van der Waals surface area contributed by atoms with Gasteiger partial charge in [0, 0.05) is 12.7 Å². The van der Waals surface area contributed by atoms with Gasteiger partial charge in [-0.05, 0) is 43.1 Å². The van der Waals surface area contributed by atoms with Crippen molar-refractivity contribution in [3.63, 3.8) is 0 Å². The summed E-state index contributed by atoms with van der Waals surface area (Å²) in [5.74, 6) is -3.95. The molecule has 1 aliphatic carbocycles. The molecule has 2 fully saturated rings. The van der Waals surface area contributed by atoms with Crippen LogP contribution >= 0.6 is 0 Å². The van der Waals surface area contributed by atoms with Crippen LogP contribution in [0, 0.1) is 17.3 Å². The van der Waals surface area contributed by atoms with Gasteiger partial charge < -0.3 is 26.6 Å².